The predicted molar refractivity (Wildman–Crippen MR) is 129 cm³/mol. The summed E-state index contributed by atoms with van der Waals surface area (Å²) >= 11 is 0. The minimum Gasteiger partial charge on any atom is -0.480 e. The summed E-state index contributed by atoms with van der Waals surface area (Å²) in [5.74, 6) is -1.54. The summed E-state index contributed by atoms with van der Waals surface area (Å²) in [5, 5.41) is 14.8. The van der Waals surface area contributed by atoms with E-state index < -0.39 is 28.0 Å². The molecule has 0 aliphatic heterocycles. The fourth-order valence-electron chi connectivity index (χ4n) is 3.82. The first-order chi connectivity index (χ1) is 17.1. The van der Waals surface area contributed by atoms with Crippen LogP contribution in [0.15, 0.2) is 74.5 Å². The summed E-state index contributed by atoms with van der Waals surface area (Å²) in [7, 11) is -4.10. The third-order valence-corrected chi connectivity index (χ3v) is 7.18. The standard InChI is InChI=1S/C25H20FN3O6S/c1-13(2)22(25(30)31)29-36(32,33)17-8-10-19-18-9-5-15(11-20(18)34-21(19)12-17)23-27-24(35-28-23)14-3-6-16(26)7-4-14/h3-13,22,29H,1-2H3,(H,30,31)/t22-/m0/s1. The van der Waals surface area contributed by atoms with Crippen molar-refractivity contribution in [3.63, 3.8) is 0 Å². The summed E-state index contributed by atoms with van der Waals surface area (Å²) < 4.78 is 52.3. The van der Waals surface area contributed by atoms with E-state index in [1.54, 1.807) is 38.1 Å². The lowest BCUT2D eigenvalue weighted by Gasteiger charge is -2.17. The van der Waals surface area contributed by atoms with E-state index in [0.29, 0.717) is 33.5 Å². The van der Waals surface area contributed by atoms with Gasteiger partial charge in [-0.2, -0.15) is 9.71 Å². The molecule has 11 heteroatoms. The molecule has 36 heavy (non-hydrogen) atoms. The number of aromatic nitrogens is 2. The van der Waals surface area contributed by atoms with Crippen LogP contribution in [-0.2, 0) is 14.8 Å². The molecule has 9 nitrogen and oxygen atoms in total. The minimum absolute atomic E-state index is 0.108. The van der Waals surface area contributed by atoms with Gasteiger partial charge in [0.25, 0.3) is 5.89 Å². The zero-order valence-corrected chi connectivity index (χ0v) is 19.9. The molecule has 0 unspecified atom stereocenters. The van der Waals surface area contributed by atoms with Crippen LogP contribution < -0.4 is 4.72 Å². The van der Waals surface area contributed by atoms with Crippen molar-refractivity contribution >= 4 is 37.9 Å². The molecule has 184 valence electrons. The maximum absolute atomic E-state index is 13.2. The molecule has 2 aromatic heterocycles. The molecule has 0 spiro atoms. The maximum Gasteiger partial charge on any atom is 0.322 e. The van der Waals surface area contributed by atoms with Gasteiger partial charge in [-0.25, -0.2) is 12.8 Å². The number of benzene rings is 3. The smallest absolute Gasteiger partial charge is 0.322 e. The molecule has 0 saturated heterocycles. The second-order valence-corrected chi connectivity index (χ2v) is 10.3. The lowest BCUT2D eigenvalue weighted by molar-refractivity contribution is -0.140. The van der Waals surface area contributed by atoms with Crippen LogP contribution in [0.1, 0.15) is 13.8 Å². The van der Waals surface area contributed by atoms with Crippen LogP contribution in [0.3, 0.4) is 0 Å². The van der Waals surface area contributed by atoms with E-state index in [4.69, 9.17) is 8.94 Å². The molecule has 2 N–H and O–H groups in total. The number of furan rings is 1. The van der Waals surface area contributed by atoms with Crippen LogP contribution in [0.4, 0.5) is 4.39 Å². The van der Waals surface area contributed by atoms with Crippen LogP contribution in [0.25, 0.3) is 44.8 Å². The molecule has 0 radical (unpaired) electrons. The molecule has 0 aliphatic rings. The summed E-state index contributed by atoms with van der Waals surface area (Å²) in [6.07, 6.45) is 0. The monoisotopic (exact) mass is 509 g/mol. The van der Waals surface area contributed by atoms with E-state index in [9.17, 15) is 22.7 Å². The fraction of sp³-hybridized carbons (Fsp3) is 0.160. The van der Waals surface area contributed by atoms with E-state index in [1.165, 1.54) is 36.4 Å². The summed E-state index contributed by atoms with van der Waals surface area (Å²) in [4.78, 5) is 15.7. The zero-order chi connectivity index (χ0) is 25.6. The molecule has 1 atom stereocenters. The highest BCUT2D eigenvalue weighted by molar-refractivity contribution is 7.89. The zero-order valence-electron chi connectivity index (χ0n) is 19.1. The van der Waals surface area contributed by atoms with Crippen LogP contribution in [0.2, 0.25) is 0 Å². The Labute approximate surface area is 204 Å². The van der Waals surface area contributed by atoms with E-state index in [2.05, 4.69) is 14.9 Å². The van der Waals surface area contributed by atoms with Crippen molar-refractivity contribution in [2.24, 2.45) is 5.92 Å². The van der Waals surface area contributed by atoms with Gasteiger partial charge in [0.05, 0.1) is 4.90 Å². The number of nitrogens with one attached hydrogen (secondary N) is 1. The third-order valence-electron chi connectivity index (χ3n) is 5.75. The average Bonchev–Trinajstić information content (AvgIpc) is 3.47. The van der Waals surface area contributed by atoms with Crippen molar-refractivity contribution in [1.29, 1.82) is 0 Å². The number of fused-ring (bicyclic) bond motifs is 3. The first-order valence-corrected chi connectivity index (χ1v) is 12.4. The van der Waals surface area contributed by atoms with Crippen LogP contribution in [0, 0.1) is 11.7 Å². The molecule has 5 rings (SSSR count). The largest absolute Gasteiger partial charge is 0.480 e. The number of halogens is 1. The second-order valence-electron chi connectivity index (χ2n) is 8.58. The van der Waals surface area contributed by atoms with Crippen LogP contribution in [-0.4, -0.2) is 35.7 Å². The summed E-state index contributed by atoms with van der Waals surface area (Å²) in [6.45, 7) is 3.24. The van der Waals surface area contributed by atoms with E-state index in [1.807, 2.05) is 0 Å². The third kappa shape index (κ3) is 4.34. The Hall–Kier alpha value is -4.09. The molecule has 0 fully saturated rings. The number of carboxylic acid groups (broad SMARTS) is 1. The Balaban J connectivity index is 1.48. The highest BCUT2D eigenvalue weighted by atomic mass is 32.2. The van der Waals surface area contributed by atoms with Gasteiger partial charge in [-0.1, -0.05) is 25.1 Å². The topological polar surface area (TPSA) is 136 Å². The number of nitrogens with zero attached hydrogens (tertiary/aromatic N) is 2. The van der Waals surface area contributed by atoms with Gasteiger partial charge in [-0.15, -0.1) is 0 Å². The Morgan fingerprint density at radius 2 is 1.61 bits per heavy atom. The SMILES string of the molecule is CC(C)[C@H](NS(=O)(=O)c1ccc2c(c1)oc1cc(-c3noc(-c4ccc(F)cc4)n3)ccc12)C(=O)O. The van der Waals surface area contributed by atoms with Gasteiger partial charge >= 0.3 is 5.97 Å². The Kier molecular flexibility index (Phi) is 5.81. The molecule has 2 heterocycles. The highest BCUT2D eigenvalue weighted by Crippen LogP contribution is 2.33. The average molecular weight is 510 g/mol. The van der Waals surface area contributed by atoms with Crippen molar-refractivity contribution in [3.05, 3.63) is 66.5 Å². The molecule has 0 aliphatic carbocycles. The number of hydrogen-bond donors (Lipinski definition) is 2. The lowest BCUT2D eigenvalue weighted by atomic mass is 10.1. The second kappa shape index (κ2) is 8.85. The van der Waals surface area contributed by atoms with Crippen molar-refractivity contribution in [2.75, 3.05) is 0 Å². The van der Waals surface area contributed by atoms with Gasteiger partial charge < -0.3 is 14.0 Å². The van der Waals surface area contributed by atoms with E-state index in [0.717, 1.165) is 5.39 Å². The molecule has 0 saturated carbocycles. The van der Waals surface area contributed by atoms with Gasteiger partial charge in [0.2, 0.25) is 15.8 Å². The normalized spacial score (nSPS) is 13.0. The number of carboxylic acids is 1. The van der Waals surface area contributed by atoms with Crippen molar-refractivity contribution in [2.45, 2.75) is 24.8 Å². The highest BCUT2D eigenvalue weighted by Gasteiger charge is 2.28. The number of aliphatic carboxylic acids is 1. The summed E-state index contributed by atoms with van der Waals surface area (Å²) in [6, 6.07) is 14.1. The molecular weight excluding hydrogens is 489 g/mol. The van der Waals surface area contributed by atoms with Crippen LogP contribution in [0.5, 0.6) is 0 Å². The van der Waals surface area contributed by atoms with E-state index in [-0.39, 0.29) is 16.6 Å². The lowest BCUT2D eigenvalue weighted by Crippen LogP contribution is -2.44. The van der Waals surface area contributed by atoms with Gasteiger partial charge in [0, 0.05) is 28.0 Å². The number of sulfonamides is 1. The molecule has 3 aromatic carbocycles. The van der Waals surface area contributed by atoms with Crippen LogP contribution >= 0.6 is 0 Å². The van der Waals surface area contributed by atoms with Gasteiger partial charge in [0.1, 0.15) is 23.0 Å². The van der Waals surface area contributed by atoms with Gasteiger partial charge in [0.15, 0.2) is 0 Å². The van der Waals surface area contributed by atoms with Crippen molar-refractivity contribution < 1.29 is 31.6 Å². The van der Waals surface area contributed by atoms with Crippen molar-refractivity contribution in [3.8, 4) is 22.8 Å². The summed E-state index contributed by atoms with van der Waals surface area (Å²) in [5.41, 5.74) is 1.98. The molecule has 0 bridgehead atoms. The first-order valence-electron chi connectivity index (χ1n) is 10.9. The molecule has 5 aromatic rings. The Morgan fingerprint density at radius 3 is 2.28 bits per heavy atom. The van der Waals surface area contributed by atoms with Crippen molar-refractivity contribution in [1.82, 2.24) is 14.9 Å². The van der Waals surface area contributed by atoms with Gasteiger partial charge in [-0.05, 0) is 54.4 Å². The Bertz CT molecular complexity index is 1710. The predicted octanol–water partition coefficient (Wildman–Crippen LogP) is 4.83. The quantitative estimate of drug-likeness (QED) is 0.318. The van der Waals surface area contributed by atoms with E-state index >= 15 is 0 Å². The number of hydrogen-bond acceptors (Lipinski definition) is 7. The molecule has 0 amide bonds. The number of carbonyl (C=O) groups is 1. The maximum atomic E-state index is 13.2. The van der Waals surface area contributed by atoms with Gasteiger partial charge in [-0.3, -0.25) is 4.79 Å². The fourth-order valence-corrected chi connectivity index (χ4v) is 5.17. The first kappa shape index (κ1) is 23.6. The Morgan fingerprint density at radius 1 is 0.972 bits per heavy atom. The molecular formula is C25H20FN3O6S. The minimum atomic E-state index is -4.10. The number of rotatable bonds is 7.